The fourth-order valence-corrected chi connectivity index (χ4v) is 3.18. The molecule has 5 nitrogen and oxygen atoms in total. The lowest BCUT2D eigenvalue weighted by Gasteiger charge is -2.16. The molecule has 1 amide bonds. The van der Waals surface area contributed by atoms with E-state index in [0.717, 1.165) is 3.57 Å². The molecule has 132 valence electrons. The maximum Gasteiger partial charge on any atom is 0.268 e. The van der Waals surface area contributed by atoms with Crippen molar-refractivity contribution >= 4 is 51.5 Å². The van der Waals surface area contributed by atoms with E-state index in [2.05, 4.69) is 15.7 Å². The normalized spacial score (nSPS) is 10.5. The van der Waals surface area contributed by atoms with Gasteiger partial charge in [0, 0.05) is 25.9 Å². The highest BCUT2D eigenvalue weighted by atomic mass is 127. The first-order valence-corrected chi connectivity index (χ1v) is 8.93. The molecule has 1 heterocycles. The molecule has 0 saturated heterocycles. The lowest BCUT2D eigenvalue weighted by molar-refractivity contribution is 0.0955. The fourth-order valence-electron chi connectivity index (χ4n) is 2.49. The molecule has 2 aromatic carbocycles. The van der Waals surface area contributed by atoms with Crippen LogP contribution in [0.2, 0.25) is 5.02 Å². The number of benzene rings is 2. The fraction of sp³-hybridized carbons (Fsp3) is 0. The zero-order chi connectivity index (χ0) is 18.7. The molecular formula is C18H13ClFIN4O. The highest BCUT2D eigenvalue weighted by Gasteiger charge is 2.20. The average Bonchev–Trinajstić information content (AvgIpc) is 2.63. The summed E-state index contributed by atoms with van der Waals surface area (Å²) in [6, 6.07) is 11.8. The number of anilines is 2. The molecule has 26 heavy (non-hydrogen) atoms. The van der Waals surface area contributed by atoms with Gasteiger partial charge in [-0.3, -0.25) is 15.2 Å². The third-order valence-corrected chi connectivity index (χ3v) is 4.67. The van der Waals surface area contributed by atoms with E-state index in [1.807, 2.05) is 22.6 Å². The first kappa shape index (κ1) is 18.6. The molecule has 0 saturated carbocycles. The van der Waals surface area contributed by atoms with Crippen LogP contribution in [0.15, 0.2) is 54.9 Å². The average molecular weight is 483 g/mol. The monoisotopic (exact) mass is 482 g/mol. The second-order valence-electron chi connectivity index (χ2n) is 5.31. The minimum Gasteiger partial charge on any atom is -0.351 e. The molecule has 3 rings (SSSR count). The molecule has 3 aromatic rings. The first-order chi connectivity index (χ1) is 12.5. The molecule has 0 aliphatic carbocycles. The van der Waals surface area contributed by atoms with Crippen LogP contribution in [0.1, 0.15) is 10.4 Å². The van der Waals surface area contributed by atoms with E-state index >= 15 is 0 Å². The number of rotatable bonds is 4. The number of aromatic nitrogens is 1. The Hall–Kier alpha value is -2.23. The second-order valence-corrected chi connectivity index (χ2v) is 6.96. The molecule has 4 N–H and O–H groups in total. The molecule has 1 aromatic heterocycles. The Balaban J connectivity index is 2.15. The Kier molecular flexibility index (Phi) is 5.70. The molecule has 0 aliphatic rings. The maximum absolute atomic E-state index is 14.2. The Morgan fingerprint density at radius 1 is 1.12 bits per heavy atom. The van der Waals surface area contributed by atoms with Crippen LogP contribution in [-0.2, 0) is 0 Å². The van der Waals surface area contributed by atoms with Gasteiger partial charge < -0.3 is 5.32 Å². The summed E-state index contributed by atoms with van der Waals surface area (Å²) in [5.74, 6) is 4.35. The molecule has 0 bridgehead atoms. The quantitative estimate of drug-likeness (QED) is 0.222. The van der Waals surface area contributed by atoms with Crippen LogP contribution < -0.4 is 16.6 Å². The molecule has 0 atom stereocenters. The highest BCUT2D eigenvalue weighted by molar-refractivity contribution is 14.1. The Bertz CT molecular complexity index is 983. The van der Waals surface area contributed by atoms with Gasteiger partial charge in [0.05, 0.1) is 23.1 Å². The summed E-state index contributed by atoms with van der Waals surface area (Å²) in [5, 5.41) is 3.37. The minimum absolute atomic E-state index is 0.216. The predicted octanol–water partition coefficient (Wildman–Crippen LogP) is 4.49. The van der Waals surface area contributed by atoms with Crippen molar-refractivity contribution in [2.45, 2.75) is 0 Å². The Labute approximate surface area is 167 Å². The van der Waals surface area contributed by atoms with Crippen LogP contribution in [0.4, 0.5) is 15.8 Å². The molecule has 0 radical (unpaired) electrons. The highest BCUT2D eigenvalue weighted by Crippen LogP contribution is 2.34. The van der Waals surface area contributed by atoms with Gasteiger partial charge in [0.25, 0.3) is 5.91 Å². The topological polar surface area (TPSA) is 80.0 Å². The number of pyridine rings is 1. The lowest BCUT2D eigenvalue weighted by atomic mass is 10.00. The number of nitrogen functional groups attached to an aromatic ring is 1. The number of carbonyl (C=O) groups is 1. The van der Waals surface area contributed by atoms with Gasteiger partial charge >= 0.3 is 0 Å². The SMILES string of the molecule is NNC(=O)c1c(Nc2ccc(I)cc2F)cncc1-c1ccccc1Cl. The summed E-state index contributed by atoms with van der Waals surface area (Å²) in [7, 11) is 0. The van der Waals surface area contributed by atoms with Gasteiger partial charge in [-0.15, -0.1) is 0 Å². The van der Waals surface area contributed by atoms with Crippen LogP contribution >= 0.6 is 34.2 Å². The third kappa shape index (κ3) is 3.79. The standard InChI is InChI=1S/C18H13ClFIN4O/c19-13-4-2-1-3-11(13)12-8-23-9-16(17(12)18(26)25-22)24-15-6-5-10(21)7-14(15)20/h1-9,24H,22H2,(H,25,26). The van der Waals surface area contributed by atoms with Crippen LogP contribution in [0.3, 0.4) is 0 Å². The van der Waals surface area contributed by atoms with E-state index in [0.29, 0.717) is 21.8 Å². The molecule has 8 heteroatoms. The van der Waals surface area contributed by atoms with Crippen LogP contribution in [-0.4, -0.2) is 10.9 Å². The zero-order valence-electron chi connectivity index (χ0n) is 13.3. The molecular weight excluding hydrogens is 470 g/mol. The maximum atomic E-state index is 14.2. The summed E-state index contributed by atoms with van der Waals surface area (Å²) in [6.45, 7) is 0. The van der Waals surface area contributed by atoms with Gasteiger partial charge in [0.15, 0.2) is 0 Å². The van der Waals surface area contributed by atoms with Crippen molar-refractivity contribution in [3.63, 3.8) is 0 Å². The first-order valence-electron chi connectivity index (χ1n) is 7.47. The number of carbonyl (C=O) groups excluding carboxylic acids is 1. The van der Waals surface area contributed by atoms with Crippen molar-refractivity contribution in [1.82, 2.24) is 10.4 Å². The summed E-state index contributed by atoms with van der Waals surface area (Å²) < 4.78 is 15.0. The smallest absolute Gasteiger partial charge is 0.268 e. The van der Waals surface area contributed by atoms with E-state index < -0.39 is 11.7 Å². The number of hydrogen-bond acceptors (Lipinski definition) is 4. The number of nitrogens with one attached hydrogen (secondary N) is 2. The van der Waals surface area contributed by atoms with Gasteiger partial charge in [-0.25, -0.2) is 10.2 Å². The summed E-state index contributed by atoms with van der Waals surface area (Å²) in [4.78, 5) is 16.6. The number of nitrogens with two attached hydrogens (primary N) is 1. The minimum atomic E-state index is -0.546. The molecule has 0 fully saturated rings. The van der Waals surface area contributed by atoms with Crippen molar-refractivity contribution in [2.75, 3.05) is 5.32 Å². The van der Waals surface area contributed by atoms with Gasteiger partial charge in [-0.1, -0.05) is 29.8 Å². The zero-order valence-corrected chi connectivity index (χ0v) is 16.2. The van der Waals surface area contributed by atoms with E-state index in [-0.39, 0.29) is 11.3 Å². The third-order valence-electron chi connectivity index (χ3n) is 3.67. The van der Waals surface area contributed by atoms with Gasteiger partial charge in [0.1, 0.15) is 5.82 Å². The summed E-state index contributed by atoms with van der Waals surface area (Å²) in [6.07, 6.45) is 2.95. The van der Waals surface area contributed by atoms with Gasteiger partial charge in [0.2, 0.25) is 0 Å². The largest absolute Gasteiger partial charge is 0.351 e. The summed E-state index contributed by atoms with van der Waals surface area (Å²) in [5.41, 5.74) is 3.96. The summed E-state index contributed by atoms with van der Waals surface area (Å²) >= 11 is 8.28. The lowest BCUT2D eigenvalue weighted by Crippen LogP contribution is -2.31. The van der Waals surface area contributed by atoms with Crippen LogP contribution in [0.5, 0.6) is 0 Å². The molecule has 0 spiro atoms. The van der Waals surface area contributed by atoms with Crippen LogP contribution in [0, 0.1) is 9.39 Å². The van der Waals surface area contributed by atoms with Crippen molar-refractivity contribution in [3.05, 3.63) is 74.8 Å². The van der Waals surface area contributed by atoms with Crippen LogP contribution in [0.25, 0.3) is 11.1 Å². The predicted molar refractivity (Wildman–Crippen MR) is 109 cm³/mol. The number of nitrogens with zero attached hydrogens (tertiary/aromatic N) is 1. The number of amides is 1. The molecule has 0 aliphatic heterocycles. The molecule has 0 unspecified atom stereocenters. The van der Waals surface area contributed by atoms with Crippen molar-refractivity contribution in [3.8, 4) is 11.1 Å². The number of halogens is 3. The van der Waals surface area contributed by atoms with E-state index in [4.69, 9.17) is 17.4 Å². The van der Waals surface area contributed by atoms with E-state index in [1.165, 1.54) is 18.5 Å². The Morgan fingerprint density at radius 2 is 1.88 bits per heavy atom. The van der Waals surface area contributed by atoms with Gasteiger partial charge in [-0.05, 0) is 46.9 Å². The van der Waals surface area contributed by atoms with Crippen molar-refractivity contribution in [2.24, 2.45) is 5.84 Å². The van der Waals surface area contributed by atoms with Crippen molar-refractivity contribution < 1.29 is 9.18 Å². The Morgan fingerprint density at radius 3 is 2.58 bits per heavy atom. The number of hydrazine groups is 1. The van der Waals surface area contributed by atoms with Crippen molar-refractivity contribution in [1.29, 1.82) is 0 Å². The van der Waals surface area contributed by atoms with E-state index in [1.54, 1.807) is 36.4 Å². The number of hydrogen-bond donors (Lipinski definition) is 3. The second kappa shape index (κ2) is 7.98. The van der Waals surface area contributed by atoms with E-state index in [9.17, 15) is 9.18 Å². The van der Waals surface area contributed by atoms with Gasteiger partial charge in [-0.2, -0.15) is 0 Å².